The molecule has 0 bridgehead atoms. The maximum atomic E-state index is 11.7. The molecule has 0 aromatic carbocycles. The first-order valence-corrected chi connectivity index (χ1v) is 6.14. The Labute approximate surface area is 118 Å². The minimum atomic E-state index is -0.812. The molecule has 0 aliphatic carbocycles. The zero-order valence-corrected chi connectivity index (χ0v) is 11.4. The van der Waals surface area contributed by atoms with Crippen LogP contribution in [0.3, 0.4) is 0 Å². The molecular weight excluding hydrogens is 278 g/mol. The van der Waals surface area contributed by atoms with Crippen molar-refractivity contribution in [2.24, 2.45) is 4.99 Å². The fraction of sp³-hybridized carbons (Fsp3) is 0.231. The van der Waals surface area contributed by atoms with Crippen molar-refractivity contribution in [1.29, 1.82) is 0 Å². The summed E-state index contributed by atoms with van der Waals surface area (Å²) in [5.41, 5.74) is -0.697. The van der Waals surface area contributed by atoms with E-state index in [1.807, 2.05) is 4.98 Å². The van der Waals surface area contributed by atoms with Gasteiger partial charge in [-0.3, -0.25) is 19.8 Å². The van der Waals surface area contributed by atoms with Crippen LogP contribution in [0.15, 0.2) is 31.9 Å². The van der Waals surface area contributed by atoms with Crippen LogP contribution in [0.2, 0.25) is 0 Å². The predicted octanol–water partition coefficient (Wildman–Crippen LogP) is 0.0737. The lowest BCUT2D eigenvalue weighted by Gasteiger charge is -2.00. The second-order valence-corrected chi connectivity index (χ2v) is 4.22. The number of esters is 1. The van der Waals surface area contributed by atoms with Crippen molar-refractivity contribution in [2.75, 3.05) is 6.61 Å². The number of aliphatic imine (C=N–C) groups is 1. The van der Waals surface area contributed by atoms with Crippen molar-refractivity contribution >= 4 is 17.8 Å². The van der Waals surface area contributed by atoms with Gasteiger partial charge >= 0.3 is 11.7 Å². The van der Waals surface area contributed by atoms with Crippen LogP contribution in [0, 0.1) is 0 Å². The highest BCUT2D eigenvalue weighted by molar-refractivity contribution is 6.21. The maximum Gasteiger partial charge on any atom is 0.340 e. The van der Waals surface area contributed by atoms with Crippen molar-refractivity contribution in [1.82, 2.24) is 9.97 Å². The van der Waals surface area contributed by atoms with Crippen LogP contribution in [0.4, 0.5) is 0 Å². The highest BCUT2D eigenvalue weighted by atomic mass is 16.5. The number of nitrogens with zero attached hydrogens (tertiary/aromatic N) is 1. The number of carbonyl (C=O) groups is 1. The van der Waals surface area contributed by atoms with Crippen molar-refractivity contribution in [2.45, 2.75) is 13.8 Å². The number of aromatic nitrogens is 2. The van der Waals surface area contributed by atoms with Crippen molar-refractivity contribution in [3.05, 3.63) is 43.7 Å². The van der Waals surface area contributed by atoms with Crippen LogP contribution >= 0.6 is 0 Å². The van der Waals surface area contributed by atoms with Crippen LogP contribution < -0.4 is 11.2 Å². The van der Waals surface area contributed by atoms with E-state index in [0.29, 0.717) is 11.4 Å². The molecule has 0 unspecified atom stereocenters. The van der Waals surface area contributed by atoms with Crippen molar-refractivity contribution < 1.29 is 14.6 Å². The second-order valence-electron chi connectivity index (χ2n) is 4.22. The van der Waals surface area contributed by atoms with E-state index < -0.39 is 23.1 Å². The summed E-state index contributed by atoms with van der Waals surface area (Å²) in [7, 11) is 0. The standard InChI is InChI=1S/C13H13N3O5/c1-3-21-12(19)8-4-7(14-6(8)2)5-9-10(17)15-13(20)16-11(9)18/h4-5H,3H2,1-2H3,(H3,15,16,17,18,20)/b7-5-. The molecule has 0 radical (unpaired) electrons. The van der Waals surface area contributed by atoms with Crippen LogP contribution in [-0.4, -0.2) is 33.4 Å². The number of aromatic amines is 2. The Balaban J connectivity index is 2.43. The van der Waals surface area contributed by atoms with Gasteiger partial charge in [-0.2, -0.15) is 0 Å². The Hall–Kier alpha value is -2.90. The minimum absolute atomic E-state index is 0.150. The molecule has 110 valence electrons. The molecule has 0 amide bonds. The topological polar surface area (TPSA) is 125 Å². The molecule has 0 fully saturated rings. The minimum Gasteiger partial charge on any atom is -0.494 e. The highest BCUT2D eigenvalue weighted by Crippen LogP contribution is 2.21. The molecule has 0 saturated heterocycles. The van der Waals surface area contributed by atoms with Gasteiger partial charge in [0.25, 0.3) is 5.56 Å². The summed E-state index contributed by atoms with van der Waals surface area (Å²) in [4.78, 5) is 42.4. The van der Waals surface area contributed by atoms with Gasteiger partial charge in [0.05, 0.1) is 23.6 Å². The molecule has 1 aliphatic rings. The lowest BCUT2D eigenvalue weighted by molar-refractivity contribution is -0.137. The molecule has 0 spiro atoms. The Morgan fingerprint density at radius 2 is 2.14 bits per heavy atom. The Bertz CT molecular complexity index is 795. The highest BCUT2D eigenvalue weighted by Gasteiger charge is 2.20. The third-order valence-electron chi connectivity index (χ3n) is 2.73. The SMILES string of the molecule is CCOC(=O)C1=C/C(=C/c2c(O)[nH]c(=O)[nH]c2=O)N=C1C. The predicted molar refractivity (Wildman–Crippen MR) is 75.2 cm³/mol. The smallest absolute Gasteiger partial charge is 0.340 e. The van der Waals surface area contributed by atoms with Gasteiger partial charge in [0.15, 0.2) is 0 Å². The Morgan fingerprint density at radius 1 is 1.43 bits per heavy atom. The van der Waals surface area contributed by atoms with Crippen LogP contribution in [0.1, 0.15) is 19.4 Å². The van der Waals surface area contributed by atoms with E-state index in [0.717, 1.165) is 0 Å². The van der Waals surface area contributed by atoms with E-state index in [2.05, 4.69) is 9.98 Å². The van der Waals surface area contributed by atoms with Gasteiger partial charge in [-0.1, -0.05) is 0 Å². The third-order valence-corrected chi connectivity index (χ3v) is 2.73. The lowest BCUT2D eigenvalue weighted by Crippen LogP contribution is -2.23. The summed E-state index contributed by atoms with van der Waals surface area (Å²) in [6.45, 7) is 3.55. The monoisotopic (exact) mass is 291 g/mol. The van der Waals surface area contributed by atoms with E-state index in [1.54, 1.807) is 13.8 Å². The van der Waals surface area contributed by atoms with Crippen LogP contribution in [-0.2, 0) is 9.53 Å². The second kappa shape index (κ2) is 5.61. The first-order valence-electron chi connectivity index (χ1n) is 6.14. The number of aromatic hydroxyl groups is 1. The molecule has 1 aromatic rings. The number of H-pyrrole nitrogens is 2. The molecule has 8 heteroatoms. The zero-order valence-electron chi connectivity index (χ0n) is 11.4. The van der Waals surface area contributed by atoms with Gasteiger partial charge in [-0.05, 0) is 26.0 Å². The fourth-order valence-corrected chi connectivity index (χ4v) is 1.79. The molecule has 3 N–H and O–H groups in total. The summed E-state index contributed by atoms with van der Waals surface area (Å²) in [5.74, 6) is -1.08. The molecule has 0 saturated carbocycles. The first-order chi connectivity index (χ1) is 9.92. The molecule has 0 atom stereocenters. The number of hydrogen-bond donors (Lipinski definition) is 3. The van der Waals surface area contributed by atoms with Gasteiger partial charge in [-0.15, -0.1) is 0 Å². The van der Waals surface area contributed by atoms with E-state index in [4.69, 9.17) is 4.74 Å². The summed E-state index contributed by atoms with van der Waals surface area (Å²) in [6.07, 6.45) is 2.71. The van der Waals surface area contributed by atoms with Gasteiger partial charge in [-0.25, -0.2) is 9.59 Å². The van der Waals surface area contributed by atoms with Crippen molar-refractivity contribution in [3.8, 4) is 5.88 Å². The third kappa shape index (κ3) is 2.99. The number of carbonyl (C=O) groups excluding carboxylic acids is 1. The fourth-order valence-electron chi connectivity index (χ4n) is 1.79. The summed E-state index contributed by atoms with van der Waals surface area (Å²) in [5, 5.41) is 9.58. The molecule has 1 aliphatic heterocycles. The van der Waals surface area contributed by atoms with Crippen LogP contribution in [0.25, 0.3) is 6.08 Å². The molecule has 1 aromatic heterocycles. The molecule has 2 heterocycles. The normalized spacial score (nSPS) is 15.8. The van der Waals surface area contributed by atoms with Crippen LogP contribution in [0.5, 0.6) is 5.88 Å². The van der Waals surface area contributed by atoms with E-state index in [-0.39, 0.29) is 17.7 Å². The van der Waals surface area contributed by atoms with Crippen molar-refractivity contribution in [3.63, 3.8) is 0 Å². The quantitative estimate of drug-likeness (QED) is 0.680. The number of rotatable bonds is 3. The van der Waals surface area contributed by atoms with E-state index in [1.165, 1.54) is 12.2 Å². The number of ether oxygens (including phenoxy) is 1. The van der Waals surface area contributed by atoms with E-state index in [9.17, 15) is 19.5 Å². The zero-order chi connectivity index (χ0) is 15.6. The number of hydrogen-bond acceptors (Lipinski definition) is 6. The largest absolute Gasteiger partial charge is 0.494 e. The number of allylic oxidation sites excluding steroid dienone is 1. The average Bonchev–Trinajstić information content (AvgIpc) is 2.75. The Morgan fingerprint density at radius 3 is 2.76 bits per heavy atom. The molecule has 21 heavy (non-hydrogen) atoms. The van der Waals surface area contributed by atoms with Gasteiger partial charge in [0, 0.05) is 0 Å². The van der Waals surface area contributed by atoms with Gasteiger partial charge in [0.2, 0.25) is 5.88 Å². The van der Waals surface area contributed by atoms with E-state index >= 15 is 0 Å². The number of nitrogens with one attached hydrogen (secondary N) is 2. The van der Waals surface area contributed by atoms with Gasteiger partial charge in [0.1, 0.15) is 5.56 Å². The lowest BCUT2D eigenvalue weighted by atomic mass is 10.2. The molecule has 2 rings (SSSR count). The molecular formula is C13H13N3O5. The maximum absolute atomic E-state index is 11.7. The van der Waals surface area contributed by atoms with Gasteiger partial charge < -0.3 is 9.84 Å². The summed E-state index contributed by atoms with van der Waals surface area (Å²) < 4.78 is 4.88. The summed E-state index contributed by atoms with van der Waals surface area (Å²) >= 11 is 0. The first kappa shape index (κ1) is 14.5. The average molecular weight is 291 g/mol. The summed E-state index contributed by atoms with van der Waals surface area (Å²) in [6, 6.07) is 0. The molecule has 8 nitrogen and oxygen atoms in total. The Kier molecular flexibility index (Phi) is 3.88.